The van der Waals surface area contributed by atoms with Gasteiger partial charge in [-0.25, -0.2) is 4.98 Å². The molecular weight excluding hydrogens is 308 g/mol. The molecule has 7 heteroatoms. The molecule has 0 aromatic carbocycles. The Morgan fingerprint density at radius 3 is 2.88 bits per heavy atom. The van der Waals surface area contributed by atoms with E-state index < -0.39 is 0 Å². The Kier molecular flexibility index (Phi) is 3.80. The number of amides is 1. The second-order valence-corrected chi connectivity index (χ2v) is 6.45. The lowest BCUT2D eigenvalue weighted by Crippen LogP contribution is -2.47. The minimum absolute atomic E-state index is 0.134. The number of morpholine rings is 1. The lowest BCUT2D eigenvalue weighted by Gasteiger charge is -2.37. The molecule has 0 bridgehead atoms. The highest BCUT2D eigenvalue weighted by molar-refractivity contribution is 5.92. The molecule has 1 amide bonds. The Morgan fingerprint density at radius 1 is 1.29 bits per heavy atom. The first-order valence-electron chi connectivity index (χ1n) is 8.33. The fourth-order valence-corrected chi connectivity index (χ4v) is 3.07. The van der Waals surface area contributed by atoms with E-state index in [0.717, 1.165) is 24.4 Å². The van der Waals surface area contributed by atoms with Crippen molar-refractivity contribution in [2.45, 2.75) is 44.8 Å². The molecule has 24 heavy (non-hydrogen) atoms. The quantitative estimate of drug-likeness (QED) is 0.859. The van der Waals surface area contributed by atoms with Crippen LogP contribution in [0.15, 0.2) is 22.7 Å². The van der Waals surface area contributed by atoms with Crippen molar-refractivity contribution in [1.29, 1.82) is 0 Å². The first-order chi connectivity index (χ1) is 11.6. The number of aryl methyl sites for hydroxylation is 1. The number of pyridine rings is 1. The normalized spacial score (nSPS) is 24.2. The number of hydrogen-bond donors (Lipinski definition) is 0. The number of carbonyl (C=O) groups is 1. The fraction of sp³-hybridized carbons (Fsp3) is 0.529. The van der Waals surface area contributed by atoms with Crippen LogP contribution < -0.4 is 0 Å². The molecule has 1 saturated carbocycles. The van der Waals surface area contributed by atoms with Gasteiger partial charge in [0.1, 0.15) is 11.7 Å². The second-order valence-electron chi connectivity index (χ2n) is 6.45. The van der Waals surface area contributed by atoms with Crippen molar-refractivity contribution in [1.82, 2.24) is 20.0 Å². The molecule has 2 aliphatic rings. The highest BCUT2D eigenvalue weighted by Gasteiger charge is 2.40. The van der Waals surface area contributed by atoms with Crippen molar-refractivity contribution in [3.8, 4) is 0 Å². The Hall–Kier alpha value is -2.28. The maximum atomic E-state index is 13.0. The smallest absolute Gasteiger partial charge is 0.273 e. The van der Waals surface area contributed by atoms with Gasteiger partial charge in [-0.2, -0.15) is 4.98 Å². The maximum Gasteiger partial charge on any atom is 0.273 e. The number of aromatic nitrogens is 3. The van der Waals surface area contributed by atoms with Crippen LogP contribution in [0.25, 0.3) is 0 Å². The molecule has 2 fully saturated rings. The molecule has 1 aliphatic heterocycles. The van der Waals surface area contributed by atoms with Gasteiger partial charge in [0.2, 0.25) is 0 Å². The summed E-state index contributed by atoms with van der Waals surface area (Å²) in [7, 11) is 0. The topological polar surface area (TPSA) is 81.4 Å². The zero-order valence-electron chi connectivity index (χ0n) is 13.8. The van der Waals surface area contributed by atoms with Gasteiger partial charge in [0.15, 0.2) is 5.82 Å². The minimum Gasteiger partial charge on any atom is -0.374 e. The summed E-state index contributed by atoms with van der Waals surface area (Å²) in [5, 5.41) is 4.07. The molecule has 2 atom stereocenters. The van der Waals surface area contributed by atoms with E-state index in [1.807, 2.05) is 26.0 Å². The zero-order chi connectivity index (χ0) is 16.7. The second kappa shape index (κ2) is 5.98. The van der Waals surface area contributed by atoms with Crippen LogP contribution >= 0.6 is 0 Å². The van der Waals surface area contributed by atoms with E-state index in [4.69, 9.17) is 9.26 Å². The fourth-order valence-electron chi connectivity index (χ4n) is 3.07. The zero-order valence-corrected chi connectivity index (χ0v) is 13.8. The van der Waals surface area contributed by atoms with Crippen LogP contribution in [0, 0.1) is 6.92 Å². The molecule has 2 aromatic heterocycles. The molecule has 126 valence electrons. The average Bonchev–Trinajstić information content (AvgIpc) is 3.32. The van der Waals surface area contributed by atoms with Crippen LogP contribution in [0.2, 0.25) is 0 Å². The largest absolute Gasteiger partial charge is 0.374 e. The molecule has 7 nitrogen and oxygen atoms in total. The van der Waals surface area contributed by atoms with E-state index in [1.165, 1.54) is 0 Å². The summed E-state index contributed by atoms with van der Waals surface area (Å²) in [6, 6.07) is 5.06. The van der Waals surface area contributed by atoms with Crippen LogP contribution in [-0.4, -0.2) is 45.2 Å². The monoisotopic (exact) mass is 328 g/mol. The van der Waals surface area contributed by atoms with Gasteiger partial charge in [0.25, 0.3) is 11.8 Å². The van der Waals surface area contributed by atoms with Crippen LogP contribution in [0.4, 0.5) is 0 Å². The van der Waals surface area contributed by atoms with Gasteiger partial charge in [0, 0.05) is 18.2 Å². The molecular formula is C17H20N4O3. The van der Waals surface area contributed by atoms with Crippen molar-refractivity contribution in [2.24, 2.45) is 0 Å². The molecule has 0 radical (unpaired) electrons. The van der Waals surface area contributed by atoms with Crippen LogP contribution in [0.1, 0.15) is 59.6 Å². The summed E-state index contributed by atoms with van der Waals surface area (Å²) >= 11 is 0. The summed E-state index contributed by atoms with van der Waals surface area (Å²) in [4.78, 5) is 23.6. The van der Waals surface area contributed by atoms with Crippen molar-refractivity contribution < 1.29 is 14.1 Å². The van der Waals surface area contributed by atoms with Crippen LogP contribution in [0.3, 0.4) is 0 Å². The van der Waals surface area contributed by atoms with Crippen LogP contribution in [0.5, 0.6) is 0 Å². The Balaban J connectivity index is 1.64. The van der Waals surface area contributed by atoms with Crippen molar-refractivity contribution in [3.05, 3.63) is 41.3 Å². The van der Waals surface area contributed by atoms with Gasteiger partial charge in [-0.15, -0.1) is 0 Å². The lowest BCUT2D eigenvalue weighted by molar-refractivity contribution is -0.0602. The Morgan fingerprint density at radius 2 is 2.12 bits per heavy atom. The van der Waals surface area contributed by atoms with Gasteiger partial charge in [0.05, 0.1) is 12.7 Å². The molecule has 1 saturated heterocycles. The summed E-state index contributed by atoms with van der Waals surface area (Å²) in [5.41, 5.74) is 1.24. The molecule has 3 heterocycles. The van der Waals surface area contributed by atoms with Crippen molar-refractivity contribution in [2.75, 3.05) is 13.2 Å². The summed E-state index contributed by atoms with van der Waals surface area (Å²) in [5.74, 6) is 1.46. The molecule has 4 rings (SSSR count). The SMILES string of the molecule is Cc1cccc(C(=O)N2CCO[C@H](C)[C@H]2c2nc(C3CC3)no2)n1. The lowest BCUT2D eigenvalue weighted by atomic mass is 10.1. The van der Waals surface area contributed by atoms with Gasteiger partial charge in [-0.05, 0) is 38.8 Å². The first-order valence-corrected chi connectivity index (χ1v) is 8.33. The van der Waals surface area contributed by atoms with Crippen molar-refractivity contribution >= 4 is 5.91 Å². The number of hydrogen-bond acceptors (Lipinski definition) is 6. The summed E-state index contributed by atoms with van der Waals surface area (Å²) in [6.07, 6.45) is 2.00. The molecule has 0 spiro atoms. The van der Waals surface area contributed by atoms with Gasteiger partial charge < -0.3 is 14.2 Å². The van der Waals surface area contributed by atoms with Gasteiger partial charge in [-0.3, -0.25) is 4.79 Å². The Bertz CT molecular complexity index is 756. The van der Waals surface area contributed by atoms with E-state index >= 15 is 0 Å². The standard InChI is InChI=1S/C17H20N4O3/c1-10-4-3-5-13(18-10)17(22)21-8-9-23-11(2)14(21)16-19-15(20-24-16)12-6-7-12/h3-5,11-12,14H,6-9H2,1-2H3/t11-,14+/m1/s1. The summed E-state index contributed by atoms with van der Waals surface area (Å²) in [6.45, 7) is 4.76. The first kappa shape index (κ1) is 15.3. The number of carbonyl (C=O) groups excluding carboxylic acids is 1. The average molecular weight is 328 g/mol. The third-order valence-corrected chi connectivity index (χ3v) is 4.51. The minimum atomic E-state index is -0.381. The third-order valence-electron chi connectivity index (χ3n) is 4.51. The number of rotatable bonds is 3. The van der Waals surface area contributed by atoms with E-state index in [-0.39, 0.29) is 18.1 Å². The van der Waals surface area contributed by atoms with E-state index in [1.54, 1.807) is 11.0 Å². The number of ether oxygens (including phenoxy) is 1. The maximum absolute atomic E-state index is 13.0. The molecule has 0 N–H and O–H groups in total. The van der Waals surface area contributed by atoms with E-state index in [2.05, 4.69) is 15.1 Å². The molecule has 0 unspecified atom stereocenters. The molecule has 1 aliphatic carbocycles. The van der Waals surface area contributed by atoms with Gasteiger partial charge in [-0.1, -0.05) is 11.2 Å². The van der Waals surface area contributed by atoms with Gasteiger partial charge >= 0.3 is 0 Å². The highest BCUT2D eigenvalue weighted by atomic mass is 16.5. The van der Waals surface area contributed by atoms with E-state index in [9.17, 15) is 4.79 Å². The predicted octanol–water partition coefficient (Wildman–Crippen LogP) is 2.25. The predicted molar refractivity (Wildman–Crippen MR) is 84.4 cm³/mol. The van der Waals surface area contributed by atoms with E-state index in [0.29, 0.717) is 30.7 Å². The van der Waals surface area contributed by atoms with Crippen LogP contribution in [-0.2, 0) is 4.74 Å². The number of nitrogens with zero attached hydrogens (tertiary/aromatic N) is 4. The highest BCUT2D eigenvalue weighted by Crippen LogP contribution is 2.39. The third kappa shape index (κ3) is 2.80. The summed E-state index contributed by atoms with van der Waals surface area (Å²) < 4.78 is 11.2. The Labute approximate surface area is 140 Å². The van der Waals surface area contributed by atoms with Crippen molar-refractivity contribution in [3.63, 3.8) is 0 Å². The molecule has 2 aromatic rings.